The number of alkyl halides is 2. The lowest BCUT2D eigenvalue weighted by molar-refractivity contribution is -0.0498. The Morgan fingerprint density at radius 3 is 2.53 bits per heavy atom. The third-order valence-electron chi connectivity index (χ3n) is 2.67. The predicted molar refractivity (Wildman–Crippen MR) is 62.7 cm³/mol. The van der Waals surface area contributed by atoms with Gasteiger partial charge in [-0.2, -0.15) is 13.9 Å². The molecule has 0 bridgehead atoms. The van der Waals surface area contributed by atoms with Crippen molar-refractivity contribution in [2.24, 2.45) is 7.05 Å². The zero-order chi connectivity index (χ0) is 13.8. The summed E-state index contributed by atoms with van der Waals surface area (Å²) in [5, 5.41) is 13.9. The Bertz CT molecular complexity index is 528. The van der Waals surface area contributed by atoms with E-state index in [4.69, 9.17) is 0 Å². The Labute approximate surface area is 108 Å². The summed E-state index contributed by atoms with van der Waals surface area (Å²) in [7, 11) is 1.73. The Hall–Kier alpha value is -2.02. The summed E-state index contributed by atoms with van der Waals surface area (Å²) < 4.78 is 29.8. The SMILES string of the molecule is Cn1ncnc1CC(O)c1ccc(OC(F)F)cc1. The fourth-order valence-corrected chi connectivity index (χ4v) is 1.67. The maximum Gasteiger partial charge on any atom is 0.387 e. The fraction of sp³-hybridized carbons (Fsp3) is 0.333. The number of halogens is 2. The largest absolute Gasteiger partial charge is 0.435 e. The van der Waals surface area contributed by atoms with Gasteiger partial charge in [-0.3, -0.25) is 4.68 Å². The van der Waals surface area contributed by atoms with Crippen molar-refractivity contribution < 1.29 is 18.6 Å². The van der Waals surface area contributed by atoms with Crippen LogP contribution in [-0.2, 0) is 13.5 Å². The number of ether oxygens (including phenoxy) is 1. The van der Waals surface area contributed by atoms with Gasteiger partial charge in [-0.25, -0.2) is 4.98 Å². The molecule has 0 saturated carbocycles. The summed E-state index contributed by atoms with van der Waals surface area (Å²) in [6.07, 6.45) is 0.927. The van der Waals surface area contributed by atoms with E-state index in [2.05, 4.69) is 14.8 Å². The van der Waals surface area contributed by atoms with Crippen LogP contribution in [0.5, 0.6) is 5.75 Å². The molecule has 1 N–H and O–H groups in total. The van der Waals surface area contributed by atoms with E-state index in [1.54, 1.807) is 23.9 Å². The number of aliphatic hydroxyl groups excluding tert-OH is 1. The Morgan fingerprint density at radius 2 is 2.00 bits per heavy atom. The van der Waals surface area contributed by atoms with Crippen LogP contribution in [-0.4, -0.2) is 26.5 Å². The van der Waals surface area contributed by atoms with E-state index < -0.39 is 12.7 Å². The lowest BCUT2D eigenvalue weighted by atomic mass is 10.1. The molecule has 102 valence electrons. The number of aryl methyl sites for hydroxylation is 1. The Balaban J connectivity index is 2.03. The molecular formula is C12H13F2N3O2. The topological polar surface area (TPSA) is 60.2 Å². The molecule has 0 aliphatic carbocycles. The third-order valence-corrected chi connectivity index (χ3v) is 2.67. The van der Waals surface area contributed by atoms with Gasteiger partial charge in [0.1, 0.15) is 17.9 Å². The van der Waals surface area contributed by atoms with E-state index in [-0.39, 0.29) is 5.75 Å². The first-order valence-electron chi connectivity index (χ1n) is 5.62. The van der Waals surface area contributed by atoms with Crippen LogP contribution in [0.3, 0.4) is 0 Å². The van der Waals surface area contributed by atoms with E-state index >= 15 is 0 Å². The maximum absolute atomic E-state index is 12.0. The number of benzene rings is 1. The predicted octanol–water partition coefficient (Wildman–Crippen LogP) is 1.69. The molecule has 1 aromatic carbocycles. The minimum atomic E-state index is -2.85. The molecule has 19 heavy (non-hydrogen) atoms. The zero-order valence-electron chi connectivity index (χ0n) is 10.2. The number of hydrogen-bond donors (Lipinski definition) is 1. The average molecular weight is 269 g/mol. The molecule has 0 aliphatic rings. The first-order chi connectivity index (χ1) is 9.06. The van der Waals surface area contributed by atoms with Crippen LogP contribution in [0, 0.1) is 0 Å². The maximum atomic E-state index is 12.0. The molecule has 1 aromatic heterocycles. The van der Waals surface area contributed by atoms with Gasteiger partial charge in [-0.1, -0.05) is 12.1 Å². The molecule has 0 aliphatic heterocycles. The quantitative estimate of drug-likeness (QED) is 0.897. The molecular weight excluding hydrogens is 256 g/mol. The molecule has 1 atom stereocenters. The van der Waals surface area contributed by atoms with Crippen molar-refractivity contribution in [3.8, 4) is 5.75 Å². The highest BCUT2D eigenvalue weighted by molar-refractivity contribution is 5.28. The summed E-state index contributed by atoms with van der Waals surface area (Å²) >= 11 is 0. The molecule has 0 spiro atoms. The second-order valence-corrected chi connectivity index (χ2v) is 3.97. The first kappa shape index (κ1) is 13.4. The number of hydrogen-bond acceptors (Lipinski definition) is 4. The van der Waals surface area contributed by atoms with E-state index in [1.165, 1.54) is 18.5 Å². The van der Waals surface area contributed by atoms with Crippen molar-refractivity contribution in [2.45, 2.75) is 19.1 Å². The van der Waals surface area contributed by atoms with E-state index in [0.717, 1.165) is 0 Å². The van der Waals surface area contributed by atoms with Gasteiger partial charge in [0.25, 0.3) is 0 Å². The Morgan fingerprint density at radius 1 is 1.32 bits per heavy atom. The molecule has 2 aromatic rings. The van der Waals surface area contributed by atoms with Gasteiger partial charge in [0.2, 0.25) is 0 Å². The molecule has 0 amide bonds. The zero-order valence-corrected chi connectivity index (χ0v) is 10.2. The van der Waals surface area contributed by atoms with Gasteiger partial charge < -0.3 is 9.84 Å². The van der Waals surface area contributed by atoms with Gasteiger partial charge in [0, 0.05) is 13.5 Å². The smallest absolute Gasteiger partial charge is 0.387 e. The van der Waals surface area contributed by atoms with Crippen molar-refractivity contribution in [1.82, 2.24) is 14.8 Å². The Kier molecular flexibility index (Phi) is 4.06. The number of rotatable bonds is 5. The normalized spacial score (nSPS) is 12.7. The molecule has 1 unspecified atom stereocenters. The van der Waals surface area contributed by atoms with Gasteiger partial charge in [0.05, 0.1) is 6.10 Å². The van der Waals surface area contributed by atoms with Crippen molar-refractivity contribution >= 4 is 0 Å². The lowest BCUT2D eigenvalue weighted by Gasteiger charge is -2.11. The van der Waals surface area contributed by atoms with E-state index in [0.29, 0.717) is 17.8 Å². The highest BCUT2D eigenvalue weighted by Gasteiger charge is 2.12. The summed E-state index contributed by atoms with van der Waals surface area (Å²) in [5.41, 5.74) is 0.601. The van der Waals surface area contributed by atoms with E-state index in [1.807, 2.05) is 0 Å². The number of aliphatic hydroxyl groups is 1. The number of aromatic nitrogens is 3. The van der Waals surface area contributed by atoms with Crippen molar-refractivity contribution in [3.63, 3.8) is 0 Å². The van der Waals surface area contributed by atoms with Crippen molar-refractivity contribution in [2.75, 3.05) is 0 Å². The molecule has 0 fully saturated rings. The van der Waals surface area contributed by atoms with Gasteiger partial charge >= 0.3 is 6.61 Å². The van der Waals surface area contributed by atoms with Crippen LogP contribution in [0.25, 0.3) is 0 Å². The molecule has 2 rings (SSSR count). The van der Waals surface area contributed by atoms with Crippen LogP contribution in [0.2, 0.25) is 0 Å². The minimum absolute atomic E-state index is 0.0598. The standard InChI is InChI=1S/C12H13F2N3O2/c1-17-11(15-7-16-17)6-10(18)8-2-4-9(5-3-8)19-12(13)14/h2-5,7,10,12,18H,6H2,1H3. The second kappa shape index (κ2) is 5.75. The molecule has 0 radical (unpaired) electrons. The summed E-state index contributed by atoms with van der Waals surface area (Å²) in [4.78, 5) is 4.01. The highest BCUT2D eigenvalue weighted by Crippen LogP contribution is 2.21. The lowest BCUT2D eigenvalue weighted by Crippen LogP contribution is -2.08. The summed E-state index contributed by atoms with van der Waals surface area (Å²) in [6, 6.07) is 5.86. The highest BCUT2D eigenvalue weighted by atomic mass is 19.3. The first-order valence-corrected chi connectivity index (χ1v) is 5.62. The van der Waals surface area contributed by atoms with E-state index in [9.17, 15) is 13.9 Å². The molecule has 0 saturated heterocycles. The third kappa shape index (κ3) is 3.47. The second-order valence-electron chi connectivity index (χ2n) is 3.97. The van der Waals surface area contributed by atoms with Crippen molar-refractivity contribution in [3.05, 3.63) is 42.0 Å². The van der Waals surface area contributed by atoms with Crippen LogP contribution >= 0.6 is 0 Å². The summed E-state index contributed by atoms with van der Waals surface area (Å²) in [6.45, 7) is -2.85. The molecule has 7 heteroatoms. The average Bonchev–Trinajstić information content (AvgIpc) is 2.75. The molecule has 1 heterocycles. The fourth-order valence-electron chi connectivity index (χ4n) is 1.67. The van der Waals surface area contributed by atoms with Crippen LogP contribution < -0.4 is 4.74 Å². The van der Waals surface area contributed by atoms with Gasteiger partial charge in [-0.05, 0) is 17.7 Å². The van der Waals surface area contributed by atoms with Crippen LogP contribution in [0.1, 0.15) is 17.5 Å². The molecule has 5 nitrogen and oxygen atoms in total. The monoisotopic (exact) mass is 269 g/mol. The van der Waals surface area contributed by atoms with Gasteiger partial charge in [0.15, 0.2) is 0 Å². The minimum Gasteiger partial charge on any atom is -0.435 e. The number of nitrogens with zero attached hydrogens (tertiary/aromatic N) is 3. The summed E-state index contributed by atoms with van der Waals surface area (Å²) in [5.74, 6) is 0.699. The van der Waals surface area contributed by atoms with Gasteiger partial charge in [-0.15, -0.1) is 0 Å². The van der Waals surface area contributed by atoms with Crippen LogP contribution in [0.15, 0.2) is 30.6 Å². The van der Waals surface area contributed by atoms with Crippen LogP contribution in [0.4, 0.5) is 8.78 Å². The van der Waals surface area contributed by atoms with Crippen molar-refractivity contribution in [1.29, 1.82) is 0 Å².